The van der Waals surface area contributed by atoms with Gasteiger partial charge in [0.2, 0.25) is 0 Å². The fraction of sp³-hybridized carbons (Fsp3) is 0.625. The smallest absolute Gasteiger partial charge is 0.0234 e. The molecule has 100 valence electrons. The lowest BCUT2D eigenvalue weighted by molar-refractivity contribution is 0.306. The average Bonchev–Trinajstić information content (AvgIpc) is 2.75. The van der Waals surface area contributed by atoms with Crippen LogP contribution in [-0.2, 0) is 6.54 Å². The van der Waals surface area contributed by atoms with E-state index in [1.165, 1.54) is 25.1 Å². The summed E-state index contributed by atoms with van der Waals surface area (Å²) in [6.07, 6.45) is 1.28. The van der Waals surface area contributed by atoms with Crippen molar-refractivity contribution in [3.05, 3.63) is 35.9 Å². The van der Waals surface area contributed by atoms with Crippen molar-refractivity contribution in [3.63, 3.8) is 0 Å². The Morgan fingerprint density at radius 3 is 2.61 bits per heavy atom. The first-order chi connectivity index (χ1) is 8.53. The Labute approximate surface area is 111 Å². The molecular formula is C16H26N2. The Balaban J connectivity index is 1.75. The maximum absolute atomic E-state index is 3.70. The highest BCUT2D eigenvalue weighted by Gasteiger charge is 2.23. The van der Waals surface area contributed by atoms with Gasteiger partial charge in [0, 0.05) is 32.2 Å². The van der Waals surface area contributed by atoms with Crippen molar-refractivity contribution in [2.75, 3.05) is 19.6 Å². The predicted octanol–water partition coefficient (Wildman–Crippen LogP) is 2.90. The number of hydrogen-bond acceptors (Lipinski definition) is 2. The molecular weight excluding hydrogens is 220 g/mol. The molecule has 2 rings (SSSR count). The summed E-state index contributed by atoms with van der Waals surface area (Å²) in [7, 11) is 0. The molecule has 18 heavy (non-hydrogen) atoms. The second-order valence-corrected chi connectivity index (χ2v) is 6.65. The minimum Gasteiger partial charge on any atom is -0.312 e. The third-order valence-corrected chi connectivity index (χ3v) is 3.44. The zero-order chi connectivity index (χ0) is 13.0. The zero-order valence-electron chi connectivity index (χ0n) is 11.9. The van der Waals surface area contributed by atoms with Gasteiger partial charge >= 0.3 is 0 Å². The van der Waals surface area contributed by atoms with Gasteiger partial charge in [0.25, 0.3) is 0 Å². The van der Waals surface area contributed by atoms with Gasteiger partial charge in [-0.3, -0.25) is 4.90 Å². The van der Waals surface area contributed by atoms with Crippen LogP contribution in [0.4, 0.5) is 0 Å². The first kappa shape index (κ1) is 13.6. The van der Waals surface area contributed by atoms with Crippen LogP contribution in [0.25, 0.3) is 0 Å². The maximum atomic E-state index is 3.70. The van der Waals surface area contributed by atoms with Gasteiger partial charge in [0.05, 0.1) is 0 Å². The third kappa shape index (κ3) is 4.43. The molecule has 2 nitrogen and oxygen atoms in total. The molecule has 0 bridgehead atoms. The van der Waals surface area contributed by atoms with Crippen LogP contribution in [0.5, 0.6) is 0 Å². The van der Waals surface area contributed by atoms with Gasteiger partial charge in [0.15, 0.2) is 0 Å². The summed E-state index contributed by atoms with van der Waals surface area (Å²) in [5.74, 6) is 0. The van der Waals surface area contributed by atoms with Gasteiger partial charge < -0.3 is 5.32 Å². The lowest BCUT2D eigenvalue weighted by Crippen LogP contribution is -2.37. The summed E-state index contributed by atoms with van der Waals surface area (Å²) in [5.41, 5.74) is 1.81. The molecule has 1 saturated heterocycles. The SMILES string of the molecule is CC(C)(C)CNC1CCN(Cc2ccccc2)C1. The van der Waals surface area contributed by atoms with Gasteiger partial charge in [-0.15, -0.1) is 0 Å². The molecule has 1 fully saturated rings. The van der Waals surface area contributed by atoms with Gasteiger partial charge in [-0.25, -0.2) is 0 Å². The van der Waals surface area contributed by atoms with E-state index in [1.807, 2.05) is 0 Å². The van der Waals surface area contributed by atoms with Crippen LogP contribution in [0, 0.1) is 5.41 Å². The van der Waals surface area contributed by atoms with E-state index in [0.29, 0.717) is 11.5 Å². The van der Waals surface area contributed by atoms with Gasteiger partial charge in [-0.2, -0.15) is 0 Å². The normalized spacial score (nSPS) is 21.4. The molecule has 1 unspecified atom stereocenters. The highest BCUT2D eigenvalue weighted by atomic mass is 15.2. The number of hydrogen-bond donors (Lipinski definition) is 1. The van der Waals surface area contributed by atoms with E-state index in [1.54, 1.807) is 0 Å². The molecule has 1 aromatic rings. The number of benzene rings is 1. The number of nitrogens with zero attached hydrogens (tertiary/aromatic N) is 1. The first-order valence-corrected chi connectivity index (χ1v) is 7.03. The standard InChI is InChI=1S/C16H26N2/c1-16(2,3)13-17-15-9-10-18(12-15)11-14-7-5-4-6-8-14/h4-8,15,17H,9-13H2,1-3H3. The molecule has 0 aliphatic carbocycles. The van der Waals surface area contributed by atoms with E-state index in [4.69, 9.17) is 0 Å². The van der Waals surface area contributed by atoms with Crippen molar-refractivity contribution >= 4 is 0 Å². The second-order valence-electron chi connectivity index (χ2n) is 6.65. The van der Waals surface area contributed by atoms with E-state index >= 15 is 0 Å². The van der Waals surface area contributed by atoms with E-state index in [9.17, 15) is 0 Å². The lowest BCUT2D eigenvalue weighted by Gasteiger charge is -2.22. The van der Waals surface area contributed by atoms with Crippen LogP contribution < -0.4 is 5.32 Å². The van der Waals surface area contributed by atoms with Crippen molar-refractivity contribution < 1.29 is 0 Å². The fourth-order valence-corrected chi connectivity index (χ4v) is 2.44. The monoisotopic (exact) mass is 246 g/mol. The minimum absolute atomic E-state index is 0.382. The third-order valence-electron chi connectivity index (χ3n) is 3.44. The first-order valence-electron chi connectivity index (χ1n) is 7.03. The molecule has 0 aromatic heterocycles. The molecule has 1 aliphatic heterocycles. The van der Waals surface area contributed by atoms with E-state index < -0.39 is 0 Å². The van der Waals surface area contributed by atoms with Crippen LogP contribution in [0.3, 0.4) is 0 Å². The number of nitrogens with one attached hydrogen (secondary N) is 1. The van der Waals surface area contributed by atoms with E-state index in [2.05, 4.69) is 61.3 Å². The Morgan fingerprint density at radius 1 is 1.22 bits per heavy atom. The number of likely N-dealkylation sites (tertiary alicyclic amines) is 1. The van der Waals surface area contributed by atoms with Crippen LogP contribution >= 0.6 is 0 Å². The van der Waals surface area contributed by atoms with Crippen LogP contribution in [0.1, 0.15) is 32.8 Å². The summed E-state index contributed by atoms with van der Waals surface area (Å²) in [4.78, 5) is 2.55. The zero-order valence-corrected chi connectivity index (χ0v) is 11.9. The topological polar surface area (TPSA) is 15.3 Å². The quantitative estimate of drug-likeness (QED) is 0.879. The summed E-state index contributed by atoms with van der Waals surface area (Å²) in [6.45, 7) is 11.5. The van der Waals surface area contributed by atoms with Crippen LogP contribution in [0.15, 0.2) is 30.3 Å². The fourth-order valence-electron chi connectivity index (χ4n) is 2.44. The van der Waals surface area contributed by atoms with Crippen molar-refractivity contribution in [2.45, 2.75) is 39.8 Å². The molecule has 0 spiro atoms. The summed E-state index contributed by atoms with van der Waals surface area (Å²) in [6, 6.07) is 11.4. The molecule has 1 N–H and O–H groups in total. The molecule has 0 saturated carbocycles. The molecule has 0 radical (unpaired) electrons. The summed E-state index contributed by atoms with van der Waals surface area (Å²) < 4.78 is 0. The minimum atomic E-state index is 0.382. The van der Waals surface area contributed by atoms with Crippen molar-refractivity contribution in [2.24, 2.45) is 5.41 Å². The highest BCUT2D eigenvalue weighted by Crippen LogP contribution is 2.16. The van der Waals surface area contributed by atoms with Crippen molar-refractivity contribution in [3.8, 4) is 0 Å². The summed E-state index contributed by atoms with van der Waals surface area (Å²) >= 11 is 0. The maximum Gasteiger partial charge on any atom is 0.0234 e. The molecule has 1 aromatic carbocycles. The number of rotatable bonds is 4. The van der Waals surface area contributed by atoms with Gasteiger partial charge in [-0.1, -0.05) is 51.1 Å². The summed E-state index contributed by atoms with van der Waals surface area (Å²) in [5, 5.41) is 3.70. The van der Waals surface area contributed by atoms with Crippen LogP contribution in [0.2, 0.25) is 0 Å². The Kier molecular flexibility index (Phi) is 4.41. The van der Waals surface area contributed by atoms with Crippen molar-refractivity contribution in [1.29, 1.82) is 0 Å². The van der Waals surface area contributed by atoms with E-state index in [-0.39, 0.29) is 0 Å². The van der Waals surface area contributed by atoms with Gasteiger partial charge in [0.1, 0.15) is 0 Å². The molecule has 1 atom stereocenters. The second kappa shape index (κ2) is 5.85. The highest BCUT2D eigenvalue weighted by molar-refractivity contribution is 5.14. The average molecular weight is 246 g/mol. The Bertz CT molecular complexity index is 353. The molecule has 1 heterocycles. The van der Waals surface area contributed by atoms with Gasteiger partial charge in [-0.05, 0) is 17.4 Å². The largest absolute Gasteiger partial charge is 0.312 e. The molecule has 2 heteroatoms. The van der Waals surface area contributed by atoms with Crippen molar-refractivity contribution in [1.82, 2.24) is 10.2 Å². The molecule has 0 amide bonds. The Morgan fingerprint density at radius 2 is 1.94 bits per heavy atom. The van der Waals surface area contributed by atoms with E-state index in [0.717, 1.165) is 13.1 Å². The lowest BCUT2D eigenvalue weighted by atomic mass is 9.96. The predicted molar refractivity (Wildman–Crippen MR) is 77.6 cm³/mol. The van der Waals surface area contributed by atoms with Crippen LogP contribution in [-0.4, -0.2) is 30.6 Å². The Hall–Kier alpha value is -0.860. The molecule has 1 aliphatic rings.